The molecule has 0 atom stereocenters. The van der Waals surface area contributed by atoms with E-state index in [-0.39, 0.29) is 0 Å². The van der Waals surface area contributed by atoms with Gasteiger partial charge in [0.05, 0.1) is 0 Å². The highest BCUT2D eigenvalue weighted by Gasteiger charge is 2.36. The lowest BCUT2D eigenvalue weighted by Crippen LogP contribution is -2.42. The monoisotopic (exact) mass is 263 g/mol. The molecule has 0 aliphatic carbocycles. The van der Waals surface area contributed by atoms with Crippen LogP contribution in [0.5, 0.6) is 0 Å². The summed E-state index contributed by atoms with van der Waals surface area (Å²) in [5.41, 5.74) is 0. The molecule has 0 heterocycles. The van der Waals surface area contributed by atoms with Crippen LogP contribution in [0, 0.1) is 0 Å². The fourth-order valence-electron chi connectivity index (χ4n) is 1.95. The van der Waals surface area contributed by atoms with Gasteiger partial charge in [-0.2, -0.15) is 0 Å². The molecule has 17 heavy (non-hydrogen) atoms. The second-order valence-electron chi connectivity index (χ2n) is 4.13. The number of rotatable bonds is 11. The zero-order chi connectivity index (χ0) is 13.1. The van der Waals surface area contributed by atoms with Gasteiger partial charge in [-0.25, -0.2) is 0 Å². The topological polar surface area (TPSA) is 30.9 Å². The van der Waals surface area contributed by atoms with Crippen LogP contribution in [0.4, 0.5) is 0 Å². The van der Waals surface area contributed by atoms with Gasteiger partial charge in [0.1, 0.15) is 0 Å². The quantitative estimate of drug-likeness (QED) is 0.423. The van der Waals surface area contributed by atoms with Gasteiger partial charge in [-0.3, -0.25) is 0 Å². The van der Waals surface area contributed by atoms with Crippen molar-refractivity contribution in [2.75, 3.05) is 41.0 Å². The minimum absolute atomic E-state index is 0.911. The Labute approximate surface area is 108 Å². The van der Waals surface area contributed by atoms with Crippen molar-refractivity contribution in [2.45, 2.75) is 39.2 Å². The van der Waals surface area contributed by atoms with Crippen LogP contribution in [-0.2, 0) is 13.3 Å². The predicted octanol–water partition coefficient (Wildman–Crippen LogP) is 2.38. The van der Waals surface area contributed by atoms with Crippen LogP contribution in [0.2, 0.25) is 6.04 Å². The Hall–Kier alpha value is 0.0569. The van der Waals surface area contributed by atoms with E-state index in [9.17, 15) is 0 Å². The number of hydrogen-bond acceptors (Lipinski definition) is 4. The van der Waals surface area contributed by atoms with E-state index in [1.165, 1.54) is 19.4 Å². The van der Waals surface area contributed by atoms with Crippen LogP contribution >= 0.6 is 0 Å². The molecule has 4 nitrogen and oxygen atoms in total. The highest BCUT2D eigenvalue weighted by atomic mass is 28.4. The normalized spacial score (nSPS) is 12.4. The van der Waals surface area contributed by atoms with E-state index in [0.29, 0.717) is 0 Å². The lowest BCUT2D eigenvalue weighted by molar-refractivity contribution is 0.122. The number of nitrogens with zero attached hydrogens (tertiary/aromatic N) is 1. The second-order valence-corrected chi connectivity index (χ2v) is 7.22. The van der Waals surface area contributed by atoms with Crippen molar-refractivity contribution < 1.29 is 13.3 Å². The van der Waals surface area contributed by atoms with Crippen LogP contribution < -0.4 is 0 Å². The molecule has 0 aromatic rings. The molecular formula is C12H29NO3Si. The van der Waals surface area contributed by atoms with Crippen molar-refractivity contribution in [3.8, 4) is 0 Å². The Balaban J connectivity index is 3.68. The van der Waals surface area contributed by atoms with Crippen LogP contribution in [0.25, 0.3) is 0 Å². The van der Waals surface area contributed by atoms with Crippen LogP contribution in [0.3, 0.4) is 0 Å². The SMILES string of the molecule is CCN(CC)CCCCC[Si](OC)(OC)OC. The fraction of sp³-hybridized carbons (Fsp3) is 1.00. The summed E-state index contributed by atoms with van der Waals surface area (Å²) in [4.78, 5) is 2.45. The van der Waals surface area contributed by atoms with E-state index in [1.54, 1.807) is 21.3 Å². The maximum absolute atomic E-state index is 5.39. The first kappa shape index (κ1) is 17.1. The Bertz CT molecular complexity index is 165. The first-order chi connectivity index (χ1) is 8.17. The van der Waals surface area contributed by atoms with E-state index in [1.807, 2.05) is 0 Å². The maximum Gasteiger partial charge on any atom is 0.500 e. The van der Waals surface area contributed by atoms with Crippen molar-refractivity contribution in [1.29, 1.82) is 0 Å². The summed E-state index contributed by atoms with van der Waals surface area (Å²) >= 11 is 0. The lowest BCUT2D eigenvalue weighted by atomic mass is 10.2. The molecule has 0 aliphatic rings. The third-order valence-corrected chi connectivity index (χ3v) is 6.12. The molecule has 0 bridgehead atoms. The van der Waals surface area contributed by atoms with Crippen molar-refractivity contribution in [3.63, 3.8) is 0 Å². The third-order valence-electron chi connectivity index (χ3n) is 3.28. The van der Waals surface area contributed by atoms with E-state index < -0.39 is 8.80 Å². The summed E-state index contributed by atoms with van der Waals surface area (Å²) in [6.07, 6.45) is 3.56. The average Bonchev–Trinajstić information content (AvgIpc) is 2.39. The molecule has 0 amide bonds. The van der Waals surface area contributed by atoms with E-state index >= 15 is 0 Å². The molecule has 0 N–H and O–H groups in total. The van der Waals surface area contributed by atoms with Gasteiger partial charge in [0.2, 0.25) is 0 Å². The van der Waals surface area contributed by atoms with Crippen LogP contribution in [0.15, 0.2) is 0 Å². The average molecular weight is 263 g/mol. The van der Waals surface area contributed by atoms with E-state index in [0.717, 1.165) is 25.6 Å². The standard InChI is InChI=1S/C12H29NO3Si/c1-6-13(7-2)11-9-8-10-12-17(14-3,15-4)16-5/h6-12H2,1-5H3. The molecule has 104 valence electrons. The maximum atomic E-state index is 5.39. The molecule has 0 aromatic heterocycles. The van der Waals surface area contributed by atoms with Gasteiger partial charge in [0, 0.05) is 27.4 Å². The van der Waals surface area contributed by atoms with E-state index in [4.69, 9.17) is 13.3 Å². The van der Waals surface area contributed by atoms with Crippen LogP contribution in [-0.4, -0.2) is 54.7 Å². The smallest absolute Gasteiger partial charge is 0.377 e. The Kier molecular flexibility index (Phi) is 10.1. The minimum Gasteiger partial charge on any atom is -0.377 e. The van der Waals surface area contributed by atoms with Gasteiger partial charge in [0.15, 0.2) is 0 Å². The number of hydrogen-bond donors (Lipinski definition) is 0. The van der Waals surface area contributed by atoms with Crippen molar-refractivity contribution >= 4 is 8.80 Å². The molecule has 5 heteroatoms. The zero-order valence-electron chi connectivity index (χ0n) is 12.1. The van der Waals surface area contributed by atoms with Gasteiger partial charge in [-0.05, 0) is 32.5 Å². The summed E-state index contributed by atoms with van der Waals surface area (Å²) < 4.78 is 16.2. The fourth-order valence-corrected chi connectivity index (χ4v) is 3.75. The summed E-state index contributed by atoms with van der Waals surface area (Å²) in [5.74, 6) is 0. The second kappa shape index (κ2) is 10.0. The van der Waals surface area contributed by atoms with Gasteiger partial charge in [-0.1, -0.05) is 20.3 Å². The molecule has 0 rings (SSSR count). The number of unbranched alkanes of at least 4 members (excludes halogenated alkanes) is 2. The molecule has 0 aliphatic heterocycles. The van der Waals surface area contributed by atoms with Crippen molar-refractivity contribution in [2.24, 2.45) is 0 Å². The minimum atomic E-state index is -2.32. The largest absolute Gasteiger partial charge is 0.500 e. The summed E-state index contributed by atoms with van der Waals surface area (Å²) in [6.45, 7) is 7.89. The summed E-state index contributed by atoms with van der Waals surface area (Å²) in [6, 6.07) is 0.911. The molecule has 0 fully saturated rings. The first-order valence-corrected chi connectivity index (χ1v) is 8.49. The lowest BCUT2D eigenvalue weighted by Gasteiger charge is -2.24. The highest BCUT2D eigenvalue weighted by Crippen LogP contribution is 2.17. The molecule has 0 spiro atoms. The molecule has 0 radical (unpaired) electrons. The van der Waals surface area contributed by atoms with E-state index in [2.05, 4.69) is 18.7 Å². The first-order valence-electron chi connectivity index (χ1n) is 6.55. The molecule has 0 saturated carbocycles. The Morgan fingerprint density at radius 2 is 1.35 bits per heavy atom. The zero-order valence-corrected chi connectivity index (χ0v) is 13.1. The molecule has 0 saturated heterocycles. The van der Waals surface area contributed by atoms with Crippen molar-refractivity contribution in [1.82, 2.24) is 4.90 Å². The Morgan fingerprint density at radius 1 is 0.824 bits per heavy atom. The predicted molar refractivity (Wildman–Crippen MR) is 73.2 cm³/mol. The summed E-state index contributed by atoms with van der Waals surface area (Å²) in [5, 5.41) is 0. The van der Waals surface area contributed by atoms with Gasteiger partial charge < -0.3 is 18.2 Å². The van der Waals surface area contributed by atoms with Gasteiger partial charge in [-0.15, -0.1) is 0 Å². The Morgan fingerprint density at radius 3 is 1.76 bits per heavy atom. The van der Waals surface area contributed by atoms with Crippen LogP contribution in [0.1, 0.15) is 33.1 Å². The van der Waals surface area contributed by atoms with Gasteiger partial charge >= 0.3 is 8.80 Å². The molecular weight excluding hydrogens is 234 g/mol. The highest BCUT2D eigenvalue weighted by molar-refractivity contribution is 6.60. The third kappa shape index (κ3) is 6.52. The van der Waals surface area contributed by atoms with Crippen molar-refractivity contribution in [3.05, 3.63) is 0 Å². The molecule has 0 aromatic carbocycles. The summed E-state index contributed by atoms with van der Waals surface area (Å²) in [7, 11) is 2.70. The van der Waals surface area contributed by atoms with Gasteiger partial charge in [0.25, 0.3) is 0 Å². The molecule has 0 unspecified atom stereocenters.